The highest BCUT2D eigenvalue weighted by Gasteiger charge is 2.29. The van der Waals surface area contributed by atoms with E-state index in [4.69, 9.17) is 16.6 Å². The van der Waals surface area contributed by atoms with Gasteiger partial charge in [-0.3, -0.25) is 30.0 Å². The number of rotatable bonds is 11. The van der Waals surface area contributed by atoms with Crippen LogP contribution in [0.1, 0.15) is 20.3 Å². The van der Waals surface area contributed by atoms with Crippen LogP contribution >= 0.6 is 0 Å². The number of nitrogens with two attached hydrogens (primary N) is 2. The Hall–Kier alpha value is -3.50. The lowest BCUT2D eigenvalue weighted by Crippen LogP contribution is -2.60. The summed E-state index contributed by atoms with van der Waals surface area (Å²) < 4.78 is 0. The Balaban J connectivity index is 5.04. The van der Waals surface area contributed by atoms with E-state index in [1.165, 1.54) is 6.92 Å². The Kier molecular flexibility index (Phi) is 11.5. The lowest BCUT2D eigenvalue weighted by atomic mass is 10.1. The molecule has 0 aromatic carbocycles. The van der Waals surface area contributed by atoms with Gasteiger partial charge in [0.25, 0.3) is 11.8 Å². The van der Waals surface area contributed by atoms with Gasteiger partial charge < -0.3 is 42.7 Å². The predicted octanol–water partition coefficient (Wildman–Crippen LogP) is -5.66. The number of primary amides is 1. The molecule has 0 saturated carbocycles. The summed E-state index contributed by atoms with van der Waals surface area (Å²) in [7, 11) is 0. The van der Waals surface area contributed by atoms with Gasteiger partial charge in [0.2, 0.25) is 11.8 Å². The molecule has 0 bridgehead atoms. The van der Waals surface area contributed by atoms with E-state index in [9.17, 15) is 39.0 Å². The molecular formula is C15H27N7O9. The summed E-state index contributed by atoms with van der Waals surface area (Å²) in [5.74, 6) is -5.52. The van der Waals surface area contributed by atoms with Crippen LogP contribution in [0.15, 0.2) is 0 Å². The van der Waals surface area contributed by atoms with Crippen molar-refractivity contribution in [3.63, 3.8) is 0 Å². The highest BCUT2D eigenvalue weighted by atomic mass is 16.4. The lowest BCUT2D eigenvalue weighted by molar-refractivity contribution is -0.141. The summed E-state index contributed by atoms with van der Waals surface area (Å²) in [6.07, 6.45) is -2.21. The molecule has 0 aliphatic heterocycles. The molecule has 0 aliphatic carbocycles. The molecule has 0 aromatic heterocycles. The maximum atomic E-state index is 12.2. The summed E-state index contributed by atoms with van der Waals surface area (Å²) in [6.45, 7) is 1.60. The fourth-order valence-electron chi connectivity index (χ4n) is 1.93. The van der Waals surface area contributed by atoms with Gasteiger partial charge >= 0.3 is 12.0 Å². The molecule has 16 nitrogen and oxygen atoms in total. The van der Waals surface area contributed by atoms with Gasteiger partial charge in [-0.15, -0.1) is 0 Å². The average Bonchev–Trinajstić information content (AvgIpc) is 2.66. The second-order valence-electron chi connectivity index (χ2n) is 6.41. The summed E-state index contributed by atoms with van der Waals surface area (Å²) in [5, 5.41) is 33.5. The Labute approximate surface area is 176 Å². The molecule has 0 saturated heterocycles. The van der Waals surface area contributed by atoms with Crippen molar-refractivity contribution in [3.8, 4) is 0 Å². The van der Waals surface area contributed by atoms with E-state index in [1.54, 1.807) is 0 Å². The largest absolute Gasteiger partial charge is 0.480 e. The minimum absolute atomic E-state index is 0.730. The summed E-state index contributed by atoms with van der Waals surface area (Å²) in [5.41, 5.74) is 14.1. The fourth-order valence-corrected chi connectivity index (χ4v) is 1.93. The Bertz CT molecular complexity index is 698. The van der Waals surface area contributed by atoms with Gasteiger partial charge in [0.1, 0.15) is 12.1 Å². The number of amides is 6. The summed E-state index contributed by atoms with van der Waals surface area (Å²) in [6, 6.07) is -7.02. The van der Waals surface area contributed by atoms with E-state index in [-0.39, 0.29) is 0 Å². The molecule has 176 valence electrons. The van der Waals surface area contributed by atoms with Crippen LogP contribution in [0.25, 0.3) is 0 Å². The van der Waals surface area contributed by atoms with Crippen LogP contribution < -0.4 is 38.3 Å². The highest BCUT2D eigenvalue weighted by Crippen LogP contribution is 1.96. The molecule has 0 radical (unpaired) electrons. The van der Waals surface area contributed by atoms with Crippen LogP contribution in [0.3, 0.4) is 0 Å². The highest BCUT2D eigenvalue weighted by molar-refractivity contribution is 5.94. The van der Waals surface area contributed by atoms with E-state index >= 15 is 0 Å². The number of carboxylic acid groups (broad SMARTS) is 1. The SMILES string of the molecule is CC(O)[C@H](NC(=O)N[C@@H](CC(N)=O)C(=O)NNC(=O)[C@H](CO)NC(=O)[C@H](C)N)C(=O)O. The molecule has 12 N–H and O–H groups in total. The molecule has 0 aliphatic rings. The monoisotopic (exact) mass is 449 g/mol. The number of carbonyl (C=O) groups is 6. The van der Waals surface area contributed by atoms with Crippen molar-refractivity contribution in [2.75, 3.05) is 6.61 Å². The number of hydrogen-bond acceptors (Lipinski definition) is 9. The van der Waals surface area contributed by atoms with Crippen LogP contribution in [-0.4, -0.2) is 87.8 Å². The molecule has 5 atom stereocenters. The topological polar surface area (TPSA) is 275 Å². The average molecular weight is 449 g/mol. The number of aliphatic hydroxyl groups is 2. The first-order valence-corrected chi connectivity index (χ1v) is 8.82. The van der Waals surface area contributed by atoms with Gasteiger partial charge in [-0.25, -0.2) is 9.59 Å². The standard InChI is InChI=1S/C15H27N7O9/c1-5(16)11(26)18-8(4-23)13(28)22-21-12(27)7(3-9(17)25)19-15(31)20-10(6(2)24)14(29)30/h5-8,10,23-24H,3-4,16H2,1-2H3,(H2,17,25)(H,18,26)(H,21,27)(H,22,28)(H,29,30)(H2,19,20,31)/t5-,6?,7-,8-,10-/m0/s1. The van der Waals surface area contributed by atoms with Gasteiger partial charge in [0.15, 0.2) is 6.04 Å². The Morgan fingerprint density at radius 1 is 0.871 bits per heavy atom. The normalized spacial score (nSPS) is 15.3. The van der Waals surface area contributed by atoms with Gasteiger partial charge in [-0.2, -0.15) is 0 Å². The molecule has 1 unspecified atom stereocenters. The van der Waals surface area contributed by atoms with E-state index in [1.807, 2.05) is 21.5 Å². The van der Waals surface area contributed by atoms with Crippen LogP contribution in [0.5, 0.6) is 0 Å². The second kappa shape index (κ2) is 12.9. The second-order valence-corrected chi connectivity index (χ2v) is 6.41. The molecule has 16 heteroatoms. The molecule has 0 aromatic rings. The number of hydrogen-bond donors (Lipinski definition) is 10. The quantitative estimate of drug-likeness (QED) is 0.133. The first kappa shape index (κ1) is 27.5. The first-order valence-electron chi connectivity index (χ1n) is 8.82. The van der Waals surface area contributed by atoms with Gasteiger partial charge in [0, 0.05) is 0 Å². The molecule has 0 heterocycles. The minimum atomic E-state index is -1.71. The number of carboxylic acids is 1. The van der Waals surface area contributed by atoms with E-state index in [0.29, 0.717) is 0 Å². The number of carbonyl (C=O) groups excluding carboxylic acids is 5. The van der Waals surface area contributed by atoms with Crippen LogP contribution in [0.2, 0.25) is 0 Å². The van der Waals surface area contributed by atoms with E-state index in [2.05, 4.69) is 5.32 Å². The third-order valence-corrected chi connectivity index (χ3v) is 3.60. The maximum absolute atomic E-state index is 12.2. The number of hydrazine groups is 1. The van der Waals surface area contributed by atoms with Gasteiger partial charge in [0.05, 0.1) is 25.2 Å². The molecule has 0 fully saturated rings. The summed E-state index contributed by atoms with van der Waals surface area (Å²) in [4.78, 5) is 69.8. The third kappa shape index (κ3) is 10.2. The Morgan fingerprint density at radius 3 is 1.77 bits per heavy atom. The zero-order valence-corrected chi connectivity index (χ0v) is 16.7. The first-order chi connectivity index (χ1) is 14.3. The number of aliphatic carboxylic acids is 1. The van der Waals surface area contributed by atoms with Crippen molar-refractivity contribution in [1.82, 2.24) is 26.8 Å². The lowest BCUT2D eigenvalue weighted by Gasteiger charge is -2.22. The maximum Gasteiger partial charge on any atom is 0.328 e. The molecule has 0 spiro atoms. The Morgan fingerprint density at radius 2 is 1.39 bits per heavy atom. The van der Waals surface area contributed by atoms with Crippen molar-refractivity contribution >= 4 is 35.6 Å². The van der Waals surface area contributed by atoms with Crippen LogP contribution in [-0.2, 0) is 24.0 Å². The number of aliphatic hydroxyl groups excluding tert-OH is 2. The molecule has 31 heavy (non-hydrogen) atoms. The van der Waals surface area contributed by atoms with Crippen molar-refractivity contribution in [2.45, 2.75) is 50.5 Å². The van der Waals surface area contributed by atoms with Gasteiger partial charge in [-0.05, 0) is 13.8 Å². The molecule has 6 amide bonds. The number of urea groups is 1. The van der Waals surface area contributed by atoms with Crippen molar-refractivity contribution in [1.29, 1.82) is 0 Å². The molecule has 0 rings (SSSR count). The fraction of sp³-hybridized carbons (Fsp3) is 0.600. The van der Waals surface area contributed by atoms with Crippen LogP contribution in [0.4, 0.5) is 4.79 Å². The minimum Gasteiger partial charge on any atom is -0.480 e. The van der Waals surface area contributed by atoms with Crippen LogP contribution in [0, 0.1) is 0 Å². The smallest absolute Gasteiger partial charge is 0.328 e. The van der Waals surface area contributed by atoms with E-state index in [0.717, 1.165) is 6.92 Å². The van der Waals surface area contributed by atoms with Crippen molar-refractivity contribution in [2.24, 2.45) is 11.5 Å². The zero-order chi connectivity index (χ0) is 24.3. The van der Waals surface area contributed by atoms with Gasteiger partial charge in [-0.1, -0.05) is 0 Å². The number of nitrogens with one attached hydrogen (secondary N) is 5. The zero-order valence-electron chi connectivity index (χ0n) is 16.7. The van der Waals surface area contributed by atoms with Crippen molar-refractivity contribution in [3.05, 3.63) is 0 Å². The predicted molar refractivity (Wildman–Crippen MR) is 101 cm³/mol. The van der Waals surface area contributed by atoms with Crippen molar-refractivity contribution < 1.29 is 44.1 Å². The third-order valence-electron chi connectivity index (χ3n) is 3.60. The summed E-state index contributed by atoms with van der Waals surface area (Å²) >= 11 is 0. The van der Waals surface area contributed by atoms with E-state index < -0.39 is 78.9 Å². The molecular weight excluding hydrogens is 422 g/mol.